The first-order valence-corrected chi connectivity index (χ1v) is 8.55. The number of nitrogens with zero attached hydrogens (tertiary/aromatic N) is 1. The van der Waals surface area contributed by atoms with Gasteiger partial charge in [-0.1, -0.05) is 41.9 Å². The van der Waals surface area contributed by atoms with Gasteiger partial charge in [0.25, 0.3) is 0 Å². The molecule has 0 bridgehead atoms. The summed E-state index contributed by atoms with van der Waals surface area (Å²) in [6.45, 7) is 0.707. The predicted octanol–water partition coefficient (Wildman–Crippen LogP) is 3.01. The molecule has 5 nitrogen and oxygen atoms in total. The zero-order chi connectivity index (χ0) is 18.8. The van der Waals surface area contributed by atoms with Gasteiger partial charge in [0, 0.05) is 18.1 Å². The summed E-state index contributed by atoms with van der Waals surface area (Å²) >= 11 is 5.81. The van der Waals surface area contributed by atoms with E-state index in [1.807, 2.05) is 30.3 Å². The van der Waals surface area contributed by atoms with Gasteiger partial charge in [0.15, 0.2) is 0 Å². The highest BCUT2D eigenvalue weighted by Gasteiger charge is 2.09. The van der Waals surface area contributed by atoms with Crippen molar-refractivity contribution in [2.45, 2.75) is 0 Å². The van der Waals surface area contributed by atoms with E-state index >= 15 is 0 Å². The fourth-order valence-electron chi connectivity index (χ4n) is 2.05. The van der Waals surface area contributed by atoms with Crippen molar-refractivity contribution in [3.8, 4) is 5.75 Å². The molecule has 0 atom stereocenters. The first-order chi connectivity index (χ1) is 12.5. The summed E-state index contributed by atoms with van der Waals surface area (Å²) < 4.78 is 5.54. The Labute approximate surface area is 158 Å². The van der Waals surface area contributed by atoms with E-state index in [-0.39, 0.29) is 18.4 Å². The van der Waals surface area contributed by atoms with Crippen LogP contribution in [0.3, 0.4) is 0 Å². The van der Waals surface area contributed by atoms with Crippen LogP contribution in [0.4, 0.5) is 0 Å². The lowest BCUT2D eigenvalue weighted by Gasteiger charge is -2.17. The molecule has 0 fully saturated rings. The Balaban J connectivity index is 1.67. The minimum absolute atomic E-state index is 0.0601. The van der Waals surface area contributed by atoms with Crippen LogP contribution in [0.15, 0.2) is 60.7 Å². The molecule has 2 amide bonds. The molecular formula is C20H21ClN2O3. The van der Waals surface area contributed by atoms with Gasteiger partial charge in [0.2, 0.25) is 11.8 Å². The van der Waals surface area contributed by atoms with Gasteiger partial charge < -0.3 is 15.0 Å². The van der Waals surface area contributed by atoms with Gasteiger partial charge in [0.05, 0.1) is 13.1 Å². The van der Waals surface area contributed by atoms with Crippen molar-refractivity contribution in [3.63, 3.8) is 0 Å². The highest BCUT2D eigenvalue weighted by atomic mass is 35.5. The molecule has 2 rings (SSSR count). The van der Waals surface area contributed by atoms with Crippen LogP contribution >= 0.6 is 11.6 Å². The van der Waals surface area contributed by atoms with Gasteiger partial charge >= 0.3 is 0 Å². The zero-order valence-corrected chi connectivity index (χ0v) is 15.3. The van der Waals surface area contributed by atoms with Gasteiger partial charge in [-0.2, -0.15) is 0 Å². The second-order valence-corrected chi connectivity index (χ2v) is 6.02. The summed E-state index contributed by atoms with van der Waals surface area (Å²) in [6.07, 6.45) is 3.11. The maximum absolute atomic E-state index is 12.0. The van der Waals surface area contributed by atoms with Gasteiger partial charge in [-0.05, 0) is 35.9 Å². The Morgan fingerprint density at radius 3 is 2.50 bits per heavy atom. The summed E-state index contributed by atoms with van der Waals surface area (Å²) in [5, 5.41) is 3.22. The fourth-order valence-corrected chi connectivity index (χ4v) is 2.17. The largest absolute Gasteiger partial charge is 0.492 e. The second kappa shape index (κ2) is 10.3. The Morgan fingerprint density at radius 1 is 1.12 bits per heavy atom. The Hall–Kier alpha value is -2.79. The number of hydrogen-bond donors (Lipinski definition) is 1. The highest BCUT2D eigenvalue weighted by Crippen LogP contribution is 2.15. The monoisotopic (exact) mass is 372 g/mol. The maximum Gasteiger partial charge on any atom is 0.244 e. The van der Waals surface area contributed by atoms with E-state index in [9.17, 15) is 9.59 Å². The Morgan fingerprint density at radius 2 is 1.81 bits per heavy atom. The number of carbonyl (C=O) groups excluding carboxylic acids is 2. The Kier molecular flexibility index (Phi) is 7.71. The number of hydrogen-bond acceptors (Lipinski definition) is 3. The number of halogens is 1. The first-order valence-electron chi connectivity index (χ1n) is 8.18. The highest BCUT2D eigenvalue weighted by molar-refractivity contribution is 6.30. The fraction of sp³-hybridized carbons (Fsp3) is 0.200. The molecule has 136 valence electrons. The van der Waals surface area contributed by atoms with E-state index in [4.69, 9.17) is 16.3 Å². The number of nitrogens with one attached hydrogen (secondary N) is 1. The predicted molar refractivity (Wildman–Crippen MR) is 103 cm³/mol. The number of likely N-dealkylation sites (N-methyl/N-ethyl adjacent to an activating group) is 1. The lowest BCUT2D eigenvalue weighted by atomic mass is 10.2. The molecule has 2 aromatic carbocycles. The van der Waals surface area contributed by atoms with Crippen molar-refractivity contribution in [1.29, 1.82) is 0 Å². The van der Waals surface area contributed by atoms with Gasteiger partial charge in [-0.3, -0.25) is 9.59 Å². The summed E-state index contributed by atoms with van der Waals surface area (Å²) in [7, 11) is 1.67. The molecule has 0 aliphatic carbocycles. The molecule has 2 aromatic rings. The molecular weight excluding hydrogens is 352 g/mol. The van der Waals surface area contributed by atoms with Crippen LogP contribution in [0.5, 0.6) is 5.75 Å². The van der Waals surface area contributed by atoms with Crippen LogP contribution < -0.4 is 10.1 Å². The van der Waals surface area contributed by atoms with E-state index in [0.29, 0.717) is 23.9 Å². The number of ether oxygens (including phenoxy) is 1. The van der Waals surface area contributed by atoms with E-state index in [1.54, 1.807) is 37.4 Å². The third-order valence-corrected chi connectivity index (χ3v) is 3.83. The maximum atomic E-state index is 12.0. The molecule has 0 aliphatic rings. The normalized spacial score (nSPS) is 10.5. The lowest BCUT2D eigenvalue weighted by Crippen LogP contribution is -2.39. The third kappa shape index (κ3) is 6.99. The molecule has 0 radical (unpaired) electrons. The van der Waals surface area contributed by atoms with E-state index in [2.05, 4.69) is 5.32 Å². The van der Waals surface area contributed by atoms with E-state index in [0.717, 1.165) is 5.56 Å². The van der Waals surface area contributed by atoms with Crippen molar-refractivity contribution >= 4 is 29.5 Å². The quantitative estimate of drug-likeness (QED) is 0.725. The van der Waals surface area contributed by atoms with E-state index < -0.39 is 0 Å². The lowest BCUT2D eigenvalue weighted by molar-refractivity contribution is -0.131. The van der Waals surface area contributed by atoms with Crippen LogP contribution in [0, 0.1) is 0 Å². The minimum Gasteiger partial charge on any atom is -0.492 e. The zero-order valence-electron chi connectivity index (χ0n) is 14.5. The van der Waals surface area contributed by atoms with Gasteiger partial charge in [0.1, 0.15) is 12.4 Å². The van der Waals surface area contributed by atoms with Crippen LogP contribution in [-0.4, -0.2) is 43.5 Å². The van der Waals surface area contributed by atoms with Crippen molar-refractivity contribution in [1.82, 2.24) is 10.2 Å². The SMILES string of the molecule is CN(CCOc1ccc(Cl)cc1)C(=O)CNC(=O)/C=C/c1ccccc1. The average molecular weight is 373 g/mol. The van der Waals surface area contributed by atoms with E-state index in [1.165, 1.54) is 11.0 Å². The van der Waals surface area contributed by atoms with Crippen LogP contribution in [0.2, 0.25) is 5.02 Å². The number of benzene rings is 2. The standard InChI is InChI=1S/C20H21ClN2O3/c1-23(13-14-26-18-10-8-17(21)9-11-18)20(25)15-22-19(24)12-7-16-5-3-2-4-6-16/h2-12H,13-15H2,1H3,(H,22,24)/b12-7+. The number of rotatable bonds is 8. The second-order valence-electron chi connectivity index (χ2n) is 5.58. The third-order valence-electron chi connectivity index (χ3n) is 3.58. The summed E-state index contributed by atoms with van der Waals surface area (Å²) in [6, 6.07) is 16.5. The minimum atomic E-state index is -0.312. The molecule has 0 heterocycles. The van der Waals surface area contributed by atoms with Gasteiger partial charge in [-0.15, -0.1) is 0 Å². The smallest absolute Gasteiger partial charge is 0.244 e. The topological polar surface area (TPSA) is 58.6 Å². The number of amides is 2. The van der Waals surface area contributed by atoms with Crippen LogP contribution in [0.1, 0.15) is 5.56 Å². The first kappa shape index (κ1) is 19.5. The van der Waals surface area contributed by atoms with Crippen molar-refractivity contribution in [3.05, 3.63) is 71.3 Å². The van der Waals surface area contributed by atoms with Crippen LogP contribution in [0.25, 0.3) is 6.08 Å². The summed E-state index contributed by atoms with van der Waals surface area (Å²) in [4.78, 5) is 25.3. The molecule has 0 aliphatic heterocycles. The van der Waals surface area contributed by atoms with Crippen molar-refractivity contribution in [2.24, 2.45) is 0 Å². The molecule has 26 heavy (non-hydrogen) atoms. The molecule has 6 heteroatoms. The summed E-state index contributed by atoms with van der Waals surface area (Å²) in [5.41, 5.74) is 0.922. The van der Waals surface area contributed by atoms with Crippen molar-refractivity contribution in [2.75, 3.05) is 26.7 Å². The molecule has 0 aromatic heterocycles. The summed E-state index contributed by atoms with van der Waals surface area (Å²) in [5.74, 6) is 0.189. The molecule has 0 unspecified atom stereocenters. The molecule has 0 spiro atoms. The van der Waals surface area contributed by atoms with Gasteiger partial charge in [-0.25, -0.2) is 0 Å². The average Bonchev–Trinajstić information content (AvgIpc) is 2.66. The van der Waals surface area contributed by atoms with Crippen LogP contribution in [-0.2, 0) is 9.59 Å². The van der Waals surface area contributed by atoms with Crippen molar-refractivity contribution < 1.29 is 14.3 Å². The molecule has 1 N–H and O–H groups in total. The Bertz CT molecular complexity index is 745. The number of carbonyl (C=O) groups is 2. The molecule has 0 saturated carbocycles. The molecule has 0 saturated heterocycles.